The normalized spacial score (nSPS) is 17.8. The maximum atomic E-state index is 11.7. The number of hydrogen-bond acceptors (Lipinski definition) is 3. The smallest absolute Gasteiger partial charge is 0.238 e. The van der Waals surface area contributed by atoms with E-state index in [0.29, 0.717) is 10.7 Å². The summed E-state index contributed by atoms with van der Waals surface area (Å²) in [6, 6.07) is 7.19. The minimum atomic E-state index is -0.0962. The molecule has 1 aliphatic heterocycles. The summed E-state index contributed by atoms with van der Waals surface area (Å²) in [7, 11) is 0. The number of carbonyl (C=O) groups is 1. The minimum Gasteiger partial charge on any atom is -0.377 e. The van der Waals surface area contributed by atoms with E-state index in [-0.39, 0.29) is 31.0 Å². The van der Waals surface area contributed by atoms with E-state index in [0.717, 1.165) is 26.0 Å². The number of halogens is 2. The Morgan fingerprint density at radius 2 is 2.21 bits per heavy atom. The van der Waals surface area contributed by atoms with Gasteiger partial charge in [0.25, 0.3) is 0 Å². The van der Waals surface area contributed by atoms with E-state index < -0.39 is 0 Å². The molecule has 1 amide bonds. The molecule has 0 radical (unpaired) electrons. The lowest BCUT2D eigenvalue weighted by Gasteiger charge is -2.11. The van der Waals surface area contributed by atoms with Crippen LogP contribution in [0.3, 0.4) is 0 Å². The molecule has 106 valence electrons. The van der Waals surface area contributed by atoms with Crippen molar-refractivity contribution in [1.29, 1.82) is 0 Å². The maximum absolute atomic E-state index is 11.7. The zero-order chi connectivity index (χ0) is 12.8. The van der Waals surface area contributed by atoms with Crippen LogP contribution in [0.25, 0.3) is 0 Å². The first kappa shape index (κ1) is 16.2. The molecule has 1 heterocycles. The van der Waals surface area contributed by atoms with Gasteiger partial charge in [0.05, 0.1) is 23.4 Å². The number of hydrogen-bond donors (Lipinski definition) is 2. The van der Waals surface area contributed by atoms with E-state index in [1.54, 1.807) is 12.1 Å². The molecule has 0 spiro atoms. The second-order valence-electron chi connectivity index (χ2n) is 4.29. The third-order valence-corrected chi connectivity index (χ3v) is 3.16. The SMILES string of the molecule is Cl.O=C(CNCC1CCCO1)Nc1ccccc1Cl. The van der Waals surface area contributed by atoms with Gasteiger partial charge in [-0.25, -0.2) is 0 Å². The van der Waals surface area contributed by atoms with Gasteiger partial charge in [0, 0.05) is 13.2 Å². The minimum absolute atomic E-state index is 0. The van der Waals surface area contributed by atoms with Gasteiger partial charge in [-0.3, -0.25) is 4.79 Å². The Bertz CT molecular complexity index is 409. The van der Waals surface area contributed by atoms with Gasteiger partial charge >= 0.3 is 0 Å². The van der Waals surface area contributed by atoms with Crippen molar-refractivity contribution in [2.45, 2.75) is 18.9 Å². The Kier molecular flexibility index (Phi) is 7.16. The lowest BCUT2D eigenvalue weighted by atomic mass is 10.2. The van der Waals surface area contributed by atoms with E-state index in [1.807, 2.05) is 12.1 Å². The Balaban J connectivity index is 0.00000180. The van der Waals surface area contributed by atoms with Crippen LogP contribution in [0.1, 0.15) is 12.8 Å². The van der Waals surface area contributed by atoms with E-state index in [2.05, 4.69) is 10.6 Å². The van der Waals surface area contributed by atoms with Crippen LogP contribution < -0.4 is 10.6 Å². The molecule has 1 unspecified atom stereocenters. The highest BCUT2D eigenvalue weighted by Gasteiger charge is 2.15. The number of benzene rings is 1. The van der Waals surface area contributed by atoms with Crippen molar-refractivity contribution in [3.8, 4) is 0 Å². The average Bonchev–Trinajstić information content (AvgIpc) is 2.85. The Hall–Kier alpha value is -0.810. The standard InChI is InChI=1S/C13H17ClN2O2.ClH/c14-11-5-1-2-6-12(11)16-13(17)9-15-8-10-4-3-7-18-10;/h1-2,5-6,10,15H,3-4,7-9H2,(H,16,17);1H. The van der Waals surface area contributed by atoms with Crippen molar-refractivity contribution in [3.05, 3.63) is 29.3 Å². The number of rotatable bonds is 5. The highest BCUT2D eigenvalue weighted by atomic mass is 35.5. The summed E-state index contributed by atoms with van der Waals surface area (Å²) >= 11 is 5.95. The quantitative estimate of drug-likeness (QED) is 0.878. The second-order valence-corrected chi connectivity index (χ2v) is 4.70. The molecule has 0 aliphatic carbocycles. The second kappa shape index (κ2) is 8.38. The average molecular weight is 305 g/mol. The van der Waals surface area contributed by atoms with Gasteiger partial charge in [-0.15, -0.1) is 12.4 Å². The number of para-hydroxylation sites is 1. The lowest BCUT2D eigenvalue weighted by molar-refractivity contribution is -0.115. The van der Waals surface area contributed by atoms with Crippen LogP contribution in [0.5, 0.6) is 0 Å². The van der Waals surface area contributed by atoms with Crippen molar-refractivity contribution in [2.24, 2.45) is 0 Å². The van der Waals surface area contributed by atoms with E-state index in [1.165, 1.54) is 0 Å². The number of nitrogens with one attached hydrogen (secondary N) is 2. The monoisotopic (exact) mass is 304 g/mol. The van der Waals surface area contributed by atoms with Gasteiger partial charge in [-0.1, -0.05) is 23.7 Å². The van der Waals surface area contributed by atoms with Crippen LogP contribution in [-0.2, 0) is 9.53 Å². The van der Waals surface area contributed by atoms with Crippen LogP contribution in [0, 0.1) is 0 Å². The van der Waals surface area contributed by atoms with Gasteiger partial charge in [-0.2, -0.15) is 0 Å². The number of ether oxygens (including phenoxy) is 1. The van der Waals surface area contributed by atoms with Crippen molar-refractivity contribution >= 4 is 35.6 Å². The molecule has 4 nitrogen and oxygen atoms in total. The molecule has 6 heteroatoms. The highest BCUT2D eigenvalue weighted by molar-refractivity contribution is 6.33. The molecule has 1 aromatic carbocycles. The third-order valence-electron chi connectivity index (χ3n) is 2.83. The van der Waals surface area contributed by atoms with Crippen molar-refractivity contribution in [2.75, 3.05) is 25.0 Å². The summed E-state index contributed by atoms with van der Waals surface area (Å²) in [6.07, 6.45) is 2.43. The molecule has 0 bridgehead atoms. The van der Waals surface area contributed by atoms with Gasteiger partial charge in [0.2, 0.25) is 5.91 Å². The zero-order valence-corrected chi connectivity index (χ0v) is 12.1. The molecule has 1 saturated heterocycles. The number of anilines is 1. The predicted octanol–water partition coefficient (Wildman–Crippen LogP) is 2.47. The van der Waals surface area contributed by atoms with Crippen LogP contribution in [0.2, 0.25) is 5.02 Å². The molecular formula is C13H18Cl2N2O2. The largest absolute Gasteiger partial charge is 0.377 e. The highest BCUT2D eigenvalue weighted by Crippen LogP contribution is 2.20. The first-order chi connectivity index (χ1) is 8.75. The predicted molar refractivity (Wildman–Crippen MR) is 79.2 cm³/mol. The molecule has 1 fully saturated rings. The Labute approximate surface area is 124 Å². The van der Waals surface area contributed by atoms with Gasteiger partial charge < -0.3 is 15.4 Å². The van der Waals surface area contributed by atoms with E-state index in [9.17, 15) is 4.79 Å². The number of carbonyl (C=O) groups excluding carboxylic acids is 1. The molecule has 0 saturated carbocycles. The third kappa shape index (κ3) is 5.37. The van der Waals surface area contributed by atoms with Crippen LogP contribution >= 0.6 is 24.0 Å². The van der Waals surface area contributed by atoms with E-state index >= 15 is 0 Å². The topological polar surface area (TPSA) is 50.4 Å². The Morgan fingerprint density at radius 1 is 1.42 bits per heavy atom. The van der Waals surface area contributed by atoms with E-state index in [4.69, 9.17) is 16.3 Å². The molecule has 19 heavy (non-hydrogen) atoms. The first-order valence-corrected chi connectivity index (χ1v) is 6.50. The number of amides is 1. The van der Waals surface area contributed by atoms with Gasteiger partial charge in [-0.05, 0) is 25.0 Å². The molecular weight excluding hydrogens is 287 g/mol. The zero-order valence-electron chi connectivity index (χ0n) is 10.5. The van der Waals surface area contributed by atoms with Crippen molar-refractivity contribution in [1.82, 2.24) is 5.32 Å². The van der Waals surface area contributed by atoms with Crippen molar-refractivity contribution in [3.63, 3.8) is 0 Å². The summed E-state index contributed by atoms with van der Waals surface area (Å²) in [5.74, 6) is -0.0962. The molecule has 1 aliphatic rings. The van der Waals surface area contributed by atoms with Crippen molar-refractivity contribution < 1.29 is 9.53 Å². The van der Waals surface area contributed by atoms with Crippen LogP contribution in [-0.4, -0.2) is 31.7 Å². The first-order valence-electron chi connectivity index (χ1n) is 6.12. The maximum Gasteiger partial charge on any atom is 0.238 e. The summed E-state index contributed by atoms with van der Waals surface area (Å²) in [4.78, 5) is 11.7. The summed E-state index contributed by atoms with van der Waals surface area (Å²) in [5.41, 5.74) is 0.642. The van der Waals surface area contributed by atoms with Gasteiger partial charge in [0.1, 0.15) is 0 Å². The molecule has 2 rings (SSSR count). The lowest BCUT2D eigenvalue weighted by Crippen LogP contribution is -2.33. The fourth-order valence-corrected chi connectivity index (χ4v) is 2.09. The fraction of sp³-hybridized carbons (Fsp3) is 0.462. The molecule has 2 N–H and O–H groups in total. The Morgan fingerprint density at radius 3 is 2.89 bits per heavy atom. The summed E-state index contributed by atoms with van der Waals surface area (Å²) in [6.45, 7) is 1.82. The molecule has 0 aromatic heterocycles. The fourth-order valence-electron chi connectivity index (χ4n) is 1.91. The summed E-state index contributed by atoms with van der Waals surface area (Å²) < 4.78 is 5.46. The molecule has 1 aromatic rings. The summed E-state index contributed by atoms with van der Waals surface area (Å²) in [5, 5.41) is 6.39. The van der Waals surface area contributed by atoms with Gasteiger partial charge in [0.15, 0.2) is 0 Å². The van der Waals surface area contributed by atoms with Crippen LogP contribution in [0.15, 0.2) is 24.3 Å². The van der Waals surface area contributed by atoms with Crippen LogP contribution in [0.4, 0.5) is 5.69 Å². The molecule has 1 atom stereocenters.